The number of ether oxygens (including phenoxy) is 2. The molecule has 0 bridgehead atoms. The molecule has 2 amide bonds. The summed E-state index contributed by atoms with van der Waals surface area (Å²) >= 11 is 5.91. The third kappa shape index (κ3) is 9.72. The predicted octanol–water partition coefficient (Wildman–Crippen LogP) is 5.33. The highest BCUT2D eigenvalue weighted by molar-refractivity contribution is 6.30. The summed E-state index contributed by atoms with van der Waals surface area (Å²) in [6.07, 6.45) is 0.306. The second kappa shape index (κ2) is 13.7. The monoisotopic (exact) mass is 476 g/mol. The van der Waals surface area contributed by atoms with Crippen LogP contribution in [-0.2, 0) is 16.0 Å². The molecular formula is C25H33ClN2O5. The lowest BCUT2D eigenvalue weighted by Gasteiger charge is -2.24. The van der Waals surface area contributed by atoms with Crippen LogP contribution >= 0.6 is 11.6 Å². The van der Waals surface area contributed by atoms with Gasteiger partial charge >= 0.3 is 12.0 Å². The molecule has 1 atom stereocenters. The Kier molecular flexibility index (Phi) is 11.0. The van der Waals surface area contributed by atoms with E-state index in [2.05, 4.69) is 19.2 Å². The number of amides is 2. The van der Waals surface area contributed by atoms with Gasteiger partial charge in [-0.2, -0.15) is 0 Å². The first-order valence-electron chi connectivity index (χ1n) is 11.2. The van der Waals surface area contributed by atoms with E-state index in [0.29, 0.717) is 48.7 Å². The molecule has 0 heterocycles. The van der Waals surface area contributed by atoms with Crippen LogP contribution in [0.4, 0.5) is 10.5 Å². The fourth-order valence-corrected chi connectivity index (χ4v) is 3.22. The maximum Gasteiger partial charge on any atom is 0.333 e. The van der Waals surface area contributed by atoms with E-state index in [1.54, 1.807) is 48.2 Å². The molecule has 33 heavy (non-hydrogen) atoms. The van der Waals surface area contributed by atoms with Crippen molar-refractivity contribution in [3.63, 3.8) is 0 Å². The number of carboxylic acids is 1. The number of aliphatic carboxylic acids is 1. The van der Waals surface area contributed by atoms with Crippen molar-refractivity contribution in [2.45, 2.75) is 39.7 Å². The Balaban J connectivity index is 1.90. The Morgan fingerprint density at radius 3 is 2.30 bits per heavy atom. The zero-order chi connectivity index (χ0) is 24.2. The normalized spacial score (nSPS) is 11.8. The largest absolute Gasteiger partial charge is 0.492 e. The van der Waals surface area contributed by atoms with Crippen LogP contribution in [0.15, 0.2) is 48.5 Å². The smallest absolute Gasteiger partial charge is 0.333 e. The van der Waals surface area contributed by atoms with Crippen molar-refractivity contribution in [2.24, 2.45) is 5.92 Å². The van der Waals surface area contributed by atoms with E-state index < -0.39 is 12.1 Å². The molecule has 180 valence electrons. The van der Waals surface area contributed by atoms with Crippen molar-refractivity contribution in [2.75, 3.05) is 31.6 Å². The summed E-state index contributed by atoms with van der Waals surface area (Å²) in [5.74, 6) is 0.148. The van der Waals surface area contributed by atoms with Crippen LogP contribution < -0.4 is 10.1 Å². The molecule has 0 aliphatic rings. The van der Waals surface area contributed by atoms with Crippen LogP contribution in [0.25, 0.3) is 0 Å². The predicted molar refractivity (Wildman–Crippen MR) is 130 cm³/mol. The number of urea groups is 1. The molecule has 0 fully saturated rings. The van der Waals surface area contributed by atoms with Gasteiger partial charge in [-0.1, -0.05) is 37.6 Å². The van der Waals surface area contributed by atoms with E-state index in [-0.39, 0.29) is 12.5 Å². The van der Waals surface area contributed by atoms with Crippen molar-refractivity contribution in [1.29, 1.82) is 0 Å². The lowest BCUT2D eigenvalue weighted by Crippen LogP contribution is -2.39. The van der Waals surface area contributed by atoms with E-state index in [9.17, 15) is 14.7 Å². The van der Waals surface area contributed by atoms with Crippen molar-refractivity contribution in [3.05, 3.63) is 59.1 Å². The minimum absolute atomic E-state index is 0.187. The summed E-state index contributed by atoms with van der Waals surface area (Å²) in [6.45, 7) is 7.74. The number of hydrogen-bond donors (Lipinski definition) is 2. The number of halogens is 1. The van der Waals surface area contributed by atoms with Gasteiger partial charge in [-0.25, -0.2) is 9.59 Å². The van der Waals surface area contributed by atoms with Crippen LogP contribution in [-0.4, -0.2) is 54.4 Å². The van der Waals surface area contributed by atoms with Crippen molar-refractivity contribution in [3.8, 4) is 5.75 Å². The number of carbonyl (C=O) groups excluding carboxylic acids is 1. The van der Waals surface area contributed by atoms with E-state index in [1.165, 1.54) is 0 Å². The molecule has 2 aromatic carbocycles. The summed E-state index contributed by atoms with van der Waals surface area (Å²) < 4.78 is 11.1. The first kappa shape index (κ1) is 26.5. The Bertz CT molecular complexity index is 871. The minimum atomic E-state index is -0.976. The van der Waals surface area contributed by atoms with Crippen LogP contribution in [0, 0.1) is 5.92 Å². The number of anilines is 1. The molecule has 0 aliphatic heterocycles. The number of rotatable bonds is 13. The third-order valence-electron chi connectivity index (χ3n) is 4.98. The molecule has 1 unspecified atom stereocenters. The van der Waals surface area contributed by atoms with E-state index in [4.69, 9.17) is 21.1 Å². The zero-order valence-corrected chi connectivity index (χ0v) is 20.2. The number of carboxylic acid groups (broad SMARTS) is 1. The van der Waals surface area contributed by atoms with Crippen LogP contribution in [0.1, 0.15) is 32.8 Å². The first-order chi connectivity index (χ1) is 15.8. The van der Waals surface area contributed by atoms with Crippen molar-refractivity contribution >= 4 is 29.3 Å². The summed E-state index contributed by atoms with van der Waals surface area (Å²) in [5.41, 5.74) is 1.53. The highest BCUT2D eigenvalue weighted by atomic mass is 35.5. The van der Waals surface area contributed by atoms with E-state index >= 15 is 0 Å². The van der Waals surface area contributed by atoms with Gasteiger partial charge in [-0.3, -0.25) is 0 Å². The summed E-state index contributed by atoms with van der Waals surface area (Å²) in [6, 6.07) is 14.1. The molecule has 2 rings (SSSR count). The van der Waals surface area contributed by atoms with Gasteiger partial charge < -0.3 is 24.8 Å². The molecule has 2 aromatic rings. The highest BCUT2D eigenvalue weighted by Gasteiger charge is 2.18. The fourth-order valence-electron chi connectivity index (χ4n) is 3.09. The number of nitrogens with zero attached hydrogens (tertiary/aromatic N) is 1. The summed E-state index contributed by atoms with van der Waals surface area (Å²) in [7, 11) is 0. The van der Waals surface area contributed by atoms with Crippen LogP contribution in [0.3, 0.4) is 0 Å². The molecule has 0 aromatic heterocycles. The van der Waals surface area contributed by atoms with Gasteiger partial charge in [0.25, 0.3) is 0 Å². The molecule has 2 N–H and O–H groups in total. The number of nitrogens with one attached hydrogen (secondary N) is 1. The molecule has 0 spiro atoms. The summed E-state index contributed by atoms with van der Waals surface area (Å²) in [5, 5.41) is 12.7. The maximum atomic E-state index is 12.8. The minimum Gasteiger partial charge on any atom is -0.492 e. The van der Waals surface area contributed by atoms with Gasteiger partial charge in [-0.05, 0) is 61.2 Å². The lowest BCUT2D eigenvalue weighted by atomic mass is 10.1. The molecular weight excluding hydrogens is 444 g/mol. The van der Waals surface area contributed by atoms with E-state index in [1.807, 2.05) is 12.1 Å². The Labute approximate surface area is 200 Å². The van der Waals surface area contributed by atoms with Gasteiger partial charge in [0.15, 0.2) is 6.10 Å². The van der Waals surface area contributed by atoms with Crippen molar-refractivity contribution < 1.29 is 24.2 Å². The second-order valence-electron chi connectivity index (χ2n) is 8.09. The van der Waals surface area contributed by atoms with Gasteiger partial charge in [0.1, 0.15) is 12.4 Å². The third-order valence-corrected chi connectivity index (χ3v) is 5.23. The first-order valence-corrected chi connectivity index (χ1v) is 11.5. The summed E-state index contributed by atoms with van der Waals surface area (Å²) in [4.78, 5) is 25.8. The van der Waals surface area contributed by atoms with Gasteiger partial charge in [0, 0.05) is 30.3 Å². The zero-order valence-electron chi connectivity index (χ0n) is 19.4. The molecule has 0 saturated heterocycles. The topological polar surface area (TPSA) is 88.1 Å². The van der Waals surface area contributed by atoms with Gasteiger partial charge in [0.2, 0.25) is 0 Å². The average Bonchev–Trinajstić information content (AvgIpc) is 2.78. The standard InChI is InChI=1S/C25H33ClN2O5/c1-4-32-23(24(29)30)17-19-5-11-22(12-6-19)33-16-15-28(14-13-18(2)3)25(31)27-21-9-7-20(26)8-10-21/h5-12,18,23H,4,13-17H2,1-3H3,(H,27,31)(H,29,30). The van der Waals surface area contributed by atoms with Crippen LogP contribution in [0.5, 0.6) is 5.75 Å². The molecule has 0 aliphatic carbocycles. The van der Waals surface area contributed by atoms with E-state index in [0.717, 1.165) is 12.0 Å². The molecule has 7 nitrogen and oxygen atoms in total. The molecule has 0 saturated carbocycles. The van der Waals surface area contributed by atoms with Gasteiger partial charge in [-0.15, -0.1) is 0 Å². The quantitative estimate of drug-likeness (QED) is 0.408. The number of carbonyl (C=O) groups is 2. The SMILES string of the molecule is CCOC(Cc1ccc(OCCN(CCC(C)C)C(=O)Nc2ccc(Cl)cc2)cc1)C(=O)O. The van der Waals surface area contributed by atoms with Crippen LogP contribution in [0.2, 0.25) is 5.02 Å². The number of hydrogen-bond acceptors (Lipinski definition) is 4. The lowest BCUT2D eigenvalue weighted by molar-refractivity contribution is -0.149. The maximum absolute atomic E-state index is 12.8. The molecule has 0 radical (unpaired) electrons. The Morgan fingerprint density at radius 2 is 1.73 bits per heavy atom. The average molecular weight is 477 g/mol. The Morgan fingerprint density at radius 1 is 1.06 bits per heavy atom. The van der Waals surface area contributed by atoms with Gasteiger partial charge in [0.05, 0.1) is 6.54 Å². The number of benzene rings is 2. The van der Waals surface area contributed by atoms with Crippen molar-refractivity contribution in [1.82, 2.24) is 4.90 Å². The Hall–Kier alpha value is -2.77. The molecule has 8 heteroatoms. The fraction of sp³-hybridized carbons (Fsp3) is 0.440. The second-order valence-corrected chi connectivity index (χ2v) is 8.52. The highest BCUT2D eigenvalue weighted by Crippen LogP contribution is 2.16.